The minimum Gasteiger partial charge on any atom is -0.341 e. The molecule has 0 bridgehead atoms. The highest BCUT2D eigenvalue weighted by Gasteiger charge is 2.23. The summed E-state index contributed by atoms with van der Waals surface area (Å²) in [5, 5.41) is 9.41. The number of hydrogen-bond donors (Lipinski definition) is 1. The first-order chi connectivity index (χ1) is 13.1. The summed E-state index contributed by atoms with van der Waals surface area (Å²) < 4.78 is 3.17. The molecular formula is C19H18BrN5OS. The minimum atomic E-state index is -0.0856. The van der Waals surface area contributed by atoms with Gasteiger partial charge in [0, 0.05) is 19.1 Å². The Morgan fingerprint density at radius 1 is 1.41 bits per heavy atom. The highest BCUT2D eigenvalue weighted by molar-refractivity contribution is 9.11. The van der Waals surface area contributed by atoms with Crippen LogP contribution < -0.4 is 16.2 Å². The molecule has 1 aliphatic rings. The smallest absolute Gasteiger partial charge is 0.273 e. The van der Waals surface area contributed by atoms with E-state index in [1.165, 1.54) is 11.3 Å². The van der Waals surface area contributed by atoms with Gasteiger partial charge in [-0.3, -0.25) is 9.36 Å². The third-order valence-corrected chi connectivity index (χ3v) is 6.41. The molecule has 0 saturated carbocycles. The Morgan fingerprint density at radius 3 is 3.00 bits per heavy atom. The van der Waals surface area contributed by atoms with Crippen LogP contribution in [0, 0.1) is 11.3 Å². The van der Waals surface area contributed by atoms with Crippen molar-refractivity contribution in [2.75, 3.05) is 18.0 Å². The van der Waals surface area contributed by atoms with Crippen LogP contribution in [-0.2, 0) is 6.54 Å². The summed E-state index contributed by atoms with van der Waals surface area (Å²) in [6, 6.07) is 11.5. The van der Waals surface area contributed by atoms with Crippen LogP contribution >= 0.6 is 27.3 Å². The van der Waals surface area contributed by atoms with Gasteiger partial charge >= 0.3 is 0 Å². The van der Waals surface area contributed by atoms with Crippen molar-refractivity contribution >= 4 is 43.4 Å². The zero-order chi connectivity index (χ0) is 19.0. The third kappa shape index (κ3) is 3.50. The van der Waals surface area contributed by atoms with Crippen LogP contribution in [0.5, 0.6) is 0 Å². The number of nitrogens with two attached hydrogens (primary N) is 1. The van der Waals surface area contributed by atoms with E-state index in [0.29, 0.717) is 34.8 Å². The van der Waals surface area contributed by atoms with E-state index in [-0.39, 0.29) is 11.6 Å². The fraction of sp³-hybridized carbons (Fsp3) is 0.316. The van der Waals surface area contributed by atoms with Gasteiger partial charge in [0.1, 0.15) is 4.70 Å². The zero-order valence-electron chi connectivity index (χ0n) is 14.6. The molecule has 0 radical (unpaired) electrons. The molecule has 1 atom stereocenters. The van der Waals surface area contributed by atoms with E-state index in [0.717, 1.165) is 28.7 Å². The van der Waals surface area contributed by atoms with Crippen LogP contribution in [0.1, 0.15) is 24.0 Å². The Kier molecular flexibility index (Phi) is 5.00. The zero-order valence-corrected chi connectivity index (χ0v) is 17.0. The summed E-state index contributed by atoms with van der Waals surface area (Å²) in [7, 11) is 0. The highest BCUT2D eigenvalue weighted by Crippen LogP contribution is 2.29. The summed E-state index contributed by atoms with van der Waals surface area (Å²) >= 11 is 4.84. The number of rotatable bonds is 3. The summed E-state index contributed by atoms with van der Waals surface area (Å²) in [5.74, 6) is 0.626. The number of aromatic nitrogens is 2. The van der Waals surface area contributed by atoms with Gasteiger partial charge in [-0.15, -0.1) is 11.3 Å². The summed E-state index contributed by atoms with van der Waals surface area (Å²) in [6.45, 7) is 1.79. The number of nitriles is 1. The molecule has 0 aliphatic carbocycles. The van der Waals surface area contributed by atoms with Crippen LogP contribution in [0.2, 0.25) is 0 Å². The lowest BCUT2D eigenvalue weighted by atomic mass is 10.1. The van der Waals surface area contributed by atoms with Crippen molar-refractivity contribution in [2.45, 2.75) is 25.4 Å². The number of benzene rings is 1. The van der Waals surface area contributed by atoms with Gasteiger partial charge in [-0.05, 0) is 46.5 Å². The van der Waals surface area contributed by atoms with Crippen molar-refractivity contribution in [3.63, 3.8) is 0 Å². The lowest BCUT2D eigenvalue weighted by Gasteiger charge is -2.33. The average molecular weight is 444 g/mol. The molecule has 4 rings (SSSR count). The summed E-state index contributed by atoms with van der Waals surface area (Å²) in [4.78, 5) is 20.2. The first kappa shape index (κ1) is 18.2. The highest BCUT2D eigenvalue weighted by atomic mass is 79.9. The number of nitrogens with zero attached hydrogens (tertiary/aromatic N) is 4. The Bertz CT molecular complexity index is 1100. The van der Waals surface area contributed by atoms with Gasteiger partial charge in [0.2, 0.25) is 5.95 Å². The van der Waals surface area contributed by atoms with E-state index < -0.39 is 0 Å². The van der Waals surface area contributed by atoms with Crippen molar-refractivity contribution in [3.8, 4) is 6.07 Å². The Morgan fingerprint density at radius 2 is 2.22 bits per heavy atom. The standard InChI is InChI=1S/C19H18BrN5OS/c20-16-8-15-17(27-16)18(26)25(10-13-5-2-1-4-12(13)9-21)19(23-15)24-7-3-6-14(22)11-24/h1-2,4-5,8,14H,3,6-7,10-11,22H2. The first-order valence-corrected chi connectivity index (χ1v) is 10.4. The van der Waals surface area contributed by atoms with Gasteiger partial charge in [0.25, 0.3) is 5.56 Å². The Hall–Kier alpha value is -2.21. The average Bonchev–Trinajstić information content (AvgIpc) is 3.05. The largest absolute Gasteiger partial charge is 0.341 e. The van der Waals surface area contributed by atoms with Gasteiger partial charge < -0.3 is 10.6 Å². The van der Waals surface area contributed by atoms with Crippen molar-refractivity contribution in [1.82, 2.24) is 9.55 Å². The van der Waals surface area contributed by atoms with Gasteiger partial charge in [-0.1, -0.05) is 18.2 Å². The third-order valence-electron chi connectivity index (χ3n) is 4.79. The topological polar surface area (TPSA) is 87.9 Å². The second-order valence-corrected chi connectivity index (χ2v) is 9.12. The van der Waals surface area contributed by atoms with Crippen LogP contribution in [-0.4, -0.2) is 28.7 Å². The maximum atomic E-state index is 13.3. The fourth-order valence-electron chi connectivity index (χ4n) is 3.48. The summed E-state index contributed by atoms with van der Waals surface area (Å²) in [5.41, 5.74) is 8.14. The lowest BCUT2D eigenvalue weighted by molar-refractivity contribution is 0.492. The molecule has 2 aromatic heterocycles. The molecule has 1 aromatic carbocycles. The minimum absolute atomic E-state index is 0.0698. The Balaban J connectivity index is 1.88. The fourth-order valence-corrected chi connectivity index (χ4v) is 4.96. The molecule has 1 aliphatic heterocycles. The van der Waals surface area contributed by atoms with E-state index in [1.807, 2.05) is 24.3 Å². The van der Waals surface area contributed by atoms with Crippen LogP contribution in [0.3, 0.4) is 0 Å². The van der Waals surface area contributed by atoms with Gasteiger partial charge in [-0.2, -0.15) is 5.26 Å². The number of piperidine rings is 1. The van der Waals surface area contributed by atoms with E-state index in [1.54, 1.807) is 10.6 Å². The molecule has 27 heavy (non-hydrogen) atoms. The molecule has 2 N–H and O–H groups in total. The van der Waals surface area contributed by atoms with Crippen LogP contribution in [0.25, 0.3) is 10.2 Å². The molecule has 6 nitrogen and oxygen atoms in total. The number of anilines is 1. The molecule has 138 valence electrons. The predicted octanol–water partition coefficient (Wildman–Crippen LogP) is 3.07. The lowest BCUT2D eigenvalue weighted by Crippen LogP contribution is -2.45. The summed E-state index contributed by atoms with van der Waals surface area (Å²) in [6.07, 6.45) is 1.95. The van der Waals surface area contributed by atoms with Gasteiger partial charge in [0.05, 0.1) is 27.5 Å². The predicted molar refractivity (Wildman–Crippen MR) is 111 cm³/mol. The quantitative estimate of drug-likeness (QED) is 0.671. The maximum absolute atomic E-state index is 13.3. The first-order valence-electron chi connectivity index (χ1n) is 8.75. The van der Waals surface area contributed by atoms with E-state index in [4.69, 9.17) is 10.7 Å². The van der Waals surface area contributed by atoms with Crippen molar-refractivity contribution in [1.29, 1.82) is 5.26 Å². The number of hydrogen-bond acceptors (Lipinski definition) is 6. The van der Waals surface area contributed by atoms with Crippen LogP contribution in [0.15, 0.2) is 38.9 Å². The monoisotopic (exact) mass is 443 g/mol. The van der Waals surface area contributed by atoms with Gasteiger partial charge in [0.15, 0.2) is 0 Å². The van der Waals surface area contributed by atoms with Crippen molar-refractivity contribution in [2.24, 2.45) is 5.73 Å². The van der Waals surface area contributed by atoms with E-state index >= 15 is 0 Å². The maximum Gasteiger partial charge on any atom is 0.273 e. The number of thiophene rings is 1. The second-order valence-electron chi connectivity index (χ2n) is 6.69. The Labute approximate surface area is 169 Å². The number of halogens is 1. The van der Waals surface area contributed by atoms with Crippen molar-refractivity contribution in [3.05, 3.63) is 55.6 Å². The molecule has 0 amide bonds. The SMILES string of the molecule is N#Cc1ccccc1Cn1c(N2CCCC(N)C2)nc2cc(Br)sc2c1=O. The molecule has 1 saturated heterocycles. The molecule has 8 heteroatoms. The molecule has 1 fully saturated rings. The normalized spacial score (nSPS) is 17.2. The molecule has 0 spiro atoms. The van der Waals surface area contributed by atoms with Gasteiger partial charge in [-0.25, -0.2) is 4.98 Å². The second kappa shape index (κ2) is 7.43. The molecule has 1 unspecified atom stereocenters. The molecule has 3 heterocycles. The van der Waals surface area contributed by atoms with E-state index in [2.05, 4.69) is 26.9 Å². The van der Waals surface area contributed by atoms with E-state index in [9.17, 15) is 10.1 Å². The van der Waals surface area contributed by atoms with Crippen molar-refractivity contribution < 1.29 is 0 Å². The van der Waals surface area contributed by atoms with Crippen LogP contribution in [0.4, 0.5) is 5.95 Å². The number of fused-ring (bicyclic) bond motifs is 1. The molecular weight excluding hydrogens is 426 g/mol. The molecule has 3 aromatic rings.